The van der Waals surface area contributed by atoms with Crippen molar-refractivity contribution in [2.24, 2.45) is 0 Å². The third-order valence-electron chi connectivity index (χ3n) is 5.90. The van der Waals surface area contributed by atoms with Crippen molar-refractivity contribution in [1.29, 1.82) is 0 Å². The van der Waals surface area contributed by atoms with Gasteiger partial charge in [-0.25, -0.2) is 4.39 Å². The number of amides is 1. The minimum atomic E-state index is -0.311. The Hall–Kier alpha value is -2.90. The normalized spacial score (nSPS) is 14.5. The van der Waals surface area contributed by atoms with E-state index in [-0.39, 0.29) is 11.7 Å². The molecule has 4 rings (SSSR count). The molecule has 0 spiro atoms. The maximum absolute atomic E-state index is 13.5. The second kappa shape index (κ2) is 10.4. The number of hydrogen-bond acceptors (Lipinski definition) is 5. The largest absolute Gasteiger partial charge is 0.338 e. The molecule has 1 aliphatic heterocycles. The number of carbonyl (C=O) groups is 1. The molecule has 1 fully saturated rings. The van der Waals surface area contributed by atoms with E-state index < -0.39 is 0 Å². The van der Waals surface area contributed by atoms with Gasteiger partial charge in [0.2, 0.25) is 5.88 Å². The van der Waals surface area contributed by atoms with Gasteiger partial charge in [-0.2, -0.15) is 0 Å². The highest BCUT2D eigenvalue weighted by Gasteiger charge is 2.28. The van der Waals surface area contributed by atoms with E-state index in [1.54, 1.807) is 36.4 Å². The lowest BCUT2D eigenvalue weighted by Gasteiger charge is -2.33. The fourth-order valence-corrected chi connectivity index (χ4v) is 4.15. The fraction of sp³-hybridized carbons (Fsp3) is 0.360. The standard InChI is InChI=1S/C25H28ClFN4O2/c1-3-12-31(24(32)19-4-8-20(26)9-5-19)17-22-23(18-6-10-21(27)11-7-18)28-33-25(22)30-15-13-29(2)14-16-30/h4-11H,3,12-17H2,1-2H3. The SMILES string of the molecule is CCCN(Cc1c(-c2ccc(F)cc2)noc1N1CCN(C)CC1)C(=O)c1ccc(Cl)cc1. The molecule has 0 saturated carbocycles. The van der Waals surface area contributed by atoms with E-state index in [0.29, 0.717) is 35.3 Å². The van der Waals surface area contributed by atoms with Crippen LogP contribution in [0.2, 0.25) is 5.02 Å². The number of piperazine rings is 1. The molecule has 0 aliphatic carbocycles. The molecular weight excluding hydrogens is 443 g/mol. The van der Waals surface area contributed by atoms with Crippen LogP contribution in [-0.2, 0) is 6.54 Å². The third-order valence-corrected chi connectivity index (χ3v) is 6.15. The molecule has 3 aromatic rings. The van der Waals surface area contributed by atoms with Gasteiger partial charge in [-0.1, -0.05) is 23.7 Å². The van der Waals surface area contributed by atoms with Gasteiger partial charge >= 0.3 is 0 Å². The molecular formula is C25H28ClFN4O2. The van der Waals surface area contributed by atoms with Crippen molar-refractivity contribution < 1.29 is 13.7 Å². The summed E-state index contributed by atoms with van der Waals surface area (Å²) in [5.41, 5.74) is 2.80. The Bertz CT molecular complexity index is 1080. The number of likely N-dealkylation sites (N-methyl/N-ethyl adjacent to an activating group) is 1. The van der Waals surface area contributed by atoms with Crippen LogP contribution < -0.4 is 4.90 Å². The quantitative estimate of drug-likeness (QED) is 0.489. The van der Waals surface area contributed by atoms with Crippen LogP contribution in [0, 0.1) is 5.82 Å². The molecule has 2 heterocycles. The van der Waals surface area contributed by atoms with Gasteiger partial charge in [0.15, 0.2) is 0 Å². The Labute approximate surface area is 198 Å². The average Bonchev–Trinajstić information content (AvgIpc) is 3.23. The van der Waals surface area contributed by atoms with Crippen molar-refractivity contribution in [3.63, 3.8) is 0 Å². The molecule has 174 valence electrons. The summed E-state index contributed by atoms with van der Waals surface area (Å²) in [6.07, 6.45) is 0.806. The maximum atomic E-state index is 13.5. The van der Waals surface area contributed by atoms with Gasteiger partial charge in [0.1, 0.15) is 11.5 Å². The van der Waals surface area contributed by atoms with Gasteiger partial charge in [0.25, 0.3) is 5.91 Å². The number of aromatic nitrogens is 1. The van der Waals surface area contributed by atoms with E-state index in [0.717, 1.165) is 43.7 Å². The summed E-state index contributed by atoms with van der Waals surface area (Å²) in [5.74, 6) is 0.283. The first-order valence-corrected chi connectivity index (χ1v) is 11.6. The zero-order valence-corrected chi connectivity index (χ0v) is 19.7. The molecule has 8 heteroatoms. The zero-order valence-electron chi connectivity index (χ0n) is 18.9. The summed E-state index contributed by atoms with van der Waals surface area (Å²) in [7, 11) is 2.09. The highest BCUT2D eigenvalue weighted by molar-refractivity contribution is 6.30. The molecule has 0 N–H and O–H groups in total. The molecule has 2 aromatic carbocycles. The highest BCUT2D eigenvalue weighted by Crippen LogP contribution is 2.33. The Kier molecular flexibility index (Phi) is 7.30. The Morgan fingerprint density at radius 3 is 2.39 bits per heavy atom. The number of anilines is 1. The zero-order chi connectivity index (χ0) is 23.4. The van der Waals surface area contributed by atoms with Crippen molar-refractivity contribution in [3.8, 4) is 11.3 Å². The van der Waals surface area contributed by atoms with E-state index in [1.165, 1.54) is 12.1 Å². The summed E-state index contributed by atoms with van der Waals surface area (Å²) < 4.78 is 19.4. The molecule has 0 atom stereocenters. The molecule has 33 heavy (non-hydrogen) atoms. The third kappa shape index (κ3) is 5.37. The monoisotopic (exact) mass is 470 g/mol. The minimum absolute atomic E-state index is 0.0795. The van der Waals surface area contributed by atoms with Crippen LogP contribution in [0.15, 0.2) is 53.1 Å². The van der Waals surface area contributed by atoms with Gasteiger partial charge in [-0.05, 0) is 62.0 Å². The predicted octanol–water partition coefficient (Wildman–Crippen LogP) is 4.94. The highest BCUT2D eigenvalue weighted by atomic mass is 35.5. The first kappa shape index (κ1) is 23.3. The van der Waals surface area contributed by atoms with E-state index in [2.05, 4.69) is 22.0 Å². The number of hydrogen-bond donors (Lipinski definition) is 0. The lowest BCUT2D eigenvalue weighted by Crippen LogP contribution is -2.45. The molecule has 0 unspecified atom stereocenters. The number of nitrogens with zero attached hydrogens (tertiary/aromatic N) is 4. The van der Waals surface area contributed by atoms with Crippen molar-refractivity contribution in [1.82, 2.24) is 15.0 Å². The van der Waals surface area contributed by atoms with Gasteiger partial charge in [0.05, 0.1) is 12.1 Å². The topological polar surface area (TPSA) is 52.8 Å². The lowest BCUT2D eigenvalue weighted by molar-refractivity contribution is 0.0743. The van der Waals surface area contributed by atoms with Crippen molar-refractivity contribution in [2.45, 2.75) is 19.9 Å². The van der Waals surface area contributed by atoms with Crippen molar-refractivity contribution in [2.75, 3.05) is 44.7 Å². The number of halogens is 2. The van der Waals surface area contributed by atoms with Crippen LogP contribution in [0.4, 0.5) is 10.3 Å². The summed E-state index contributed by atoms with van der Waals surface area (Å²) >= 11 is 6.01. The second-order valence-corrected chi connectivity index (χ2v) is 8.78. The van der Waals surface area contributed by atoms with E-state index in [4.69, 9.17) is 16.1 Å². The number of carbonyl (C=O) groups excluding carboxylic acids is 1. The first-order valence-electron chi connectivity index (χ1n) is 11.2. The number of benzene rings is 2. The van der Waals surface area contributed by atoms with E-state index >= 15 is 0 Å². The van der Waals surface area contributed by atoms with Crippen molar-refractivity contribution in [3.05, 3.63) is 70.5 Å². The Balaban J connectivity index is 1.70. The summed E-state index contributed by atoms with van der Waals surface area (Å²) in [6, 6.07) is 13.1. The molecule has 1 aliphatic rings. The average molecular weight is 471 g/mol. The Morgan fingerprint density at radius 2 is 1.76 bits per heavy atom. The van der Waals surface area contributed by atoms with Gasteiger partial charge in [-0.3, -0.25) is 4.79 Å². The first-order chi connectivity index (χ1) is 16.0. The van der Waals surface area contributed by atoms with Gasteiger partial charge < -0.3 is 19.2 Å². The molecule has 0 bridgehead atoms. The fourth-order valence-electron chi connectivity index (χ4n) is 4.02. The van der Waals surface area contributed by atoms with Crippen molar-refractivity contribution >= 4 is 23.4 Å². The molecule has 6 nitrogen and oxygen atoms in total. The van der Waals surface area contributed by atoms with Gasteiger partial charge in [0, 0.05) is 48.9 Å². The lowest BCUT2D eigenvalue weighted by atomic mass is 10.1. The number of rotatable bonds is 7. The van der Waals surface area contributed by atoms with E-state index in [9.17, 15) is 9.18 Å². The van der Waals surface area contributed by atoms with E-state index in [1.807, 2.05) is 11.8 Å². The Morgan fingerprint density at radius 1 is 1.09 bits per heavy atom. The summed E-state index contributed by atoms with van der Waals surface area (Å²) in [4.78, 5) is 19.6. The van der Waals surface area contributed by atoms with Crippen LogP contribution in [-0.4, -0.2) is 60.6 Å². The van der Waals surface area contributed by atoms with Crippen LogP contribution in [0.1, 0.15) is 29.3 Å². The predicted molar refractivity (Wildman–Crippen MR) is 128 cm³/mol. The molecule has 0 radical (unpaired) electrons. The van der Waals surface area contributed by atoms with Gasteiger partial charge in [-0.15, -0.1) is 0 Å². The summed E-state index contributed by atoms with van der Waals surface area (Å²) in [6.45, 7) is 6.40. The minimum Gasteiger partial charge on any atom is -0.338 e. The second-order valence-electron chi connectivity index (χ2n) is 8.35. The van der Waals surface area contributed by atoms with Crippen LogP contribution >= 0.6 is 11.6 Å². The van der Waals surface area contributed by atoms with Crippen LogP contribution in [0.25, 0.3) is 11.3 Å². The molecule has 1 aromatic heterocycles. The van der Waals surface area contributed by atoms with Crippen LogP contribution in [0.3, 0.4) is 0 Å². The summed E-state index contributed by atoms with van der Waals surface area (Å²) in [5, 5.41) is 4.95. The smallest absolute Gasteiger partial charge is 0.254 e. The molecule has 1 saturated heterocycles. The maximum Gasteiger partial charge on any atom is 0.254 e. The van der Waals surface area contributed by atoms with Crippen LogP contribution in [0.5, 0.6) is 0 Å². The molecule has 1 amide bonds.